The molecule has 0 spiro atoms. The summed E-state index contributed by atoms with van der Waals surface area (Å²) < 4.78 is 0. The van der Waals surface area contributed by atoms with Gasteiger partial charge >= 0.3 is 0 Å². The molecular weight excluding hydrogens is 673 g/mol. The first-order valence-corrected chi connectivity index (χ1v) is 22.2. The number of unbranched alkanes of at least 4 members (excludes halogenated alkanes) is 3. The van der Waals surface area contributed by atoms with E-state index < -0.39 is 5.41 Å². The topological polar surface area (TPSA) is 92.5 Å². The van der Waals surface area contributed by atoms with E-state index in [1.807, 2.05) is 0 Å². The molecule has 9 aliphatic carbocycles. The second-order valence-corrected chi connectivity index (χ2v) is 20.3. The van der Waals surface area contributed by atoms with E-state index in [4.69, 9.17) is 11.5 Å². The van der Waals surface area contributed by atoms with E-state index in [1.54, 1.807) is 0 Å². The number of fused-ring (bicyclic) bond motifs is 3. The van der Waals surface area contributed by atoms with E-state index in [9.17, 15) is 10.2 Å². The monoisotopic (exact) mass is 732 g/mol. The fourth-order valence-corrected chi connectivity index (χ4v) is 15.5. The maximum atomic E-state index is 12.1. The molecule has 13 rings (SSSR count). The van der Waals surface area contributed by atoms with Gasteiger partial charge in [0.2, 0.25) is 0 Å². The predicted octanol–water partition coefficient (Wildman–Crippen LogP) is 11.7. The highest BCUT2D eigenvalue weighted by molar-refractivity contribution is 5.88. The van der Waals surface area contributed by atoms with Crippen LogP contribution in [0.25, 0.3) is 11.1 Å². The summed E-state index contributed by atoms with van der Waals surface area (Å²) in [5, 5.41) is 24.2. The summed E-state index contributed by atoms with van der Waals surface area (Å²) in [6.45, 7) is 2.28. The Labute approximate surface area is 328 Å². The molecule has 55 heavy (non-hydrogen) atoms. The van der Waals surface area contributed by atoms with E-state index in [0.717, 1.165) is 103 Å². The standard InChI is InChI=1S/C51H60N2O2/c1-2-3-4-5-8-30-11-12-40-39-9-6-7-10-41(39)51(42(40)19-30,37-20-43(47(54)45(52)22-37)49-24-31-13-32(25-49)15-33(14-31)26-49)38-21-44(48(55)46(53)23-38)50-27-34-16-35(28-50)18-36(17-34)29-50/h6-7,9-12,19-23,31-36,54-55H,2-5,8,13-18,24-29,52-53H2,1H3. The van der Waals surface area contributed by atoms with Crippen LogP contribution in [0.3, 0.4) is 0 Å². The minimum atomic E-state index is -0.719. The molecule has 286 valence electrons. The van der Waals surface area contributed by atoms with Gasteiger partial charge < -0.3 is 21.7 Å². The summed E-state index contributed by atoms with van der Waals surface area (Å²) in [5.74, 6) is 5.06. The minimum absolute atomic E-state index is 0.0371. The Bertz CT molecular complexity index is 2030. The highest BCUT2D eigenvalue weighted by Crippen LogP contribution is 2.66. The Morgan fingerprint density at radius 2 is 1.00 bits per heavy atom. The largest absolute Gasteiger partial charge is 0.505 e. The van der Waals surface area contributed by atoms with Crippen LogP contribution in [0.15, 0.2) is 66.7 Å². The molecule has 0 radical (unpaired) electrons. The van der Waals surface area contributed by atoms with Crippen molar-refractivity contribution in [2.45, 2.75) is 132 Å². The summed E-state index contributed by atoms with van der Waals surface area (Å²) in [7, 11) is 0. The summed E-state index contributed by atoms with van der Waals surface area (Å²) in [4.78, 5) is 0. The number of aromatic hydroxyl groups is 2. The smallest absolute Gasteiger partial charge is 0.142 e. The first-order valence-electron chi connectivity index (χ1n) is 22.2. The van der Waals surface area contributed by atoms with Crippen molar-refractivity contribution < 1.29 is 10.2 Å². The van der Waals surface area contributed by atoms with Gasteiger partial charge in [0.15, 0.2) is 0 Å². The molecule has 0 unspecified atom stereocenters. The Morgan fingerprint density at radius 3 is 1.49 bits per heavy atom. The summed E-state index contributed by atoms with van der Waals surface area (Å²) in [6.07, 6.45) is 21.0. The Hall–Kier alpha value is -3.92. The maximum absolute atomic E-state index is 12.1. The van der Waals surface area contributed by atoms with Crippen molar-refractivity contribution in [3.05, 3.63) is 106 Å². The van der Waals surface area contributed by atoms with Gasteiger partial charge in [0.05, 0.1) is 16.8 Å². The number of phenols is 2. The molecule has 4 aromatic rings. The average molecular weight is 733 g/mol. The number of hydrogen-bond donors (Lipinski definition) is 4. The number of rotatable bonds is 9. The zero-order valence-corrected chi connectivity index (χ0v) is 32.9. The first kappa shape index (κ1) is 34.3. The van der Waals surface area contributed by atoms with Crippen molar-refractivity contribution in [3.8, 4) is 22.6 Å². The number of benzene rings is 4. The van der Waals surface area contributed by atoms with Gasteiger partial charge in [0.1, 0.15) is 11.5 Å². The van der Waals surface area contributed by atoms with Crippen molar-refractivity contribution in [2.75, 3.05) is 11.5 Å². The van der Waals surface area contributed by atoms with Gasteiger partial charge in [-0.1, -0.05) is 68.7 Å². The molecule has 4 heteroatoms. The zero-order valence-electron chi connectivity index (χ0n) is 32.9. The summed E-state index contributed by atoms with van der Waals surface area (Å²) in [5.41, 5.74) is 25.2. The lowest BCUT2D eigenvalue weighted by molar-refractivity contribution is -0.00622. The lowest BCUT2D eigenvalue weighted by Gasteiger charge is -2.57. The van der Waals surface area contributed by atoms with Gasteiger partial charge in [-0.3, -0.25) is 0 Å². The molecule has 0 atom stereocenters. The molecule has 8 fully saturated rings. The Balaban J connectivity index is 1.17. The fraction of sp³-hybridized carbons (Fsp3) is 0.529. The molecule has 0 heterocycles. The molecule has 8 saturated carbocycles. The third-order valence-electron chi connectivity index (χ3n) is 16.8. The van der Waals surface area contributed by atoms with Gasteiger partial charge in [0.25, 0.3) is 0 Å². The zero-order chi connectivity index (χ0) is 37.3. The number of anilines is 2. The van der Waals surface area contributed by atoms with Crippen LogP contribution in [-0.2, 0) is 22.7 Å². The second kappa shape index (κ2) is 12.3. The number of aryl methyl sites for hydroxylation is 1. The molecule has 0 aliphatic heterocycles. The van der Waals surface area contributed by atoms with Crippen LogP contribution in [0.2, 0.25) is 0 Å². The van der Waals surface area contributed by atoms with E-state index in [1.165, 1.54) is 92.0 Å². The van der Waals surface area contributed by atoms with Gasteiger partial charge in [-0.15, -0.1) is 0 Å². The van der Waals surface area contributed by atoms with E-state index in [0.29, 0.717) is 22.9 Å². The average Bonchev–Trinajstić information content (AvgIpc) is 3.44. The van der Waals surface area contributed by atoms with Crippen molar-refractivity contribution in [3.63, 3.8) is 0 Å². The van der Waals surface area contributed by atoms with Crippen molar-refractivity contribution >= 4 is 11.4 Å². The fourth-order valence-electron chi connectivity index (χ4n) is 15.5. The number of hydrogen-bond acceptors (Lipinski definition) is 4. The van der Waals surface area contributed by atoms with Crippen LogP contribution in [0.1, 0.15) is 149 Å². The molecule has 0 saturated heterocycles. The highest BCUT2D eigenvalue weighted by Gasteiger charge is 2.56. The summed E-state index contributed by atoms with van der Waals surface area (Å²) >= 11 is 0. The van der Waals surface area contributed by atoms with Crippen LogP contribution < -0.4 is 11.5 Å². The Kier molecular flexibility index (Phi) is 7.67. The quantitative estimate of drug-likeness (QED) is 0.0690. The molecule has 0 aromatic heterocycles. The second-order valence-electron chi connectivity index (χ2n) is 20.3. The summed E-state index contributed by atoms with van der Waals surface area (Å²) in [6, 6.07) is 25.3. The third-order valence-corrected chi connectivity index (χ3v) is 16.8. The molecule has 0 amide bonds. The van der Waals surface area contributed by atoms with Gasteiger partial charge in [0, 0.05) is 11.1 Å². The van der Waals surface area contributed by atoms with Crippen LogP contribution in [0.5, 0.6) is 11.5 Å². The highest BCUT2D eigenvalue weighted by atomic mass is 16.3. The molecular formula is C51H60N2O2. The van der Waals surface area contributed by atoms with Crippen LogP contribution in [0, 0.1) is 35.5 Å². The van der Waals surface area contributed by atoms with Crippen molar-refractivity contribution in [2.24, 2.45) is 35.5 Å². The van der Waals surface area contributed by atoms with E-state index >= 15 is 0 Å². The Morgan fingerprint density at radius 1 is 0.527 bits per heavy atom. The van der Waals surface area contributed by atoms with Gasteiger partial charge in [-0.05, 0) is 199 Å². The van der Waals surface area contributed by atoms with E-state index in [2.05, 4.69) is 73.7 Å². The van der Waals surface area contributed by atoms with E-state index in [-0.39, 0.29) is 10.8 Å². The number of phenolic OH excluding ortho intramolecular Hbond substituents is 2. The molecule has 4 aromatic carbocycles. The van der Waals surface area contributed by atoms with Crippen LogP contribution >= 0.6 is 0 Å². The SMILES string of the molecule is CCCCCCc1ccc2c(c1)C(c1cc(N)c(O)c(C34CC5CC(CC(C5)C3)C4)c1)(c1cc(N)c(O)c(C34CC5CC(CC(C5)C3)C4)c1)c1ccccc1-2. The minimum Gasteiger partial charge on any atom is -0.505 e. The lowest BCUT2D eigenvalue weighted by atomic mass is 9.47. The van der Waals surface area contributed by atoms with Crippen LogP contribution in [-0.4, -0.2) is 10.2 Å². The van der Waals surface area contributed by atoms with Gasteiger partial charge in [-0.2, -0.15) is 0 Å². The third kappa shape index (κ3) is 5.01. The van der Waals surface area contributed by atoms with Crippen molar-refractivity contribution in [1.29, 1.82) is 0 Å². The van der Waals surface area contributed by atoms with Gasteiger partial charge in [-0.25, -0.2) is 0 Å². The van der Waals surface area contributed by atoms with Crippen LogP contribution in [0.4, 0.5) is 11.4 Å². The molecule has 9 aliphatic rings. The normalized spacial score (nSPS) is 34.6. The maximum Gasteiger partial charge on any atom is 0.142 e. The number of nitrogens with two attached hydrogens (primary N) is 2. The predicted molar refractivity (Wildman–Crippen MR) is 223 cm³/mol. The van der Waals surface area contributed by atoms with Crippen molar-refractivity contribution in [1.82, 2.24) is 0 Å². The molecule has 6 N–H and O–H groups in total. The molecule has 4 nitrogen and oxygen atoms in total. The number of nitrogen functional groups attached to an aromatic ring is 2. The lowest BCUT2D eigenvalue weighted by Crippen LogP contribution is -2.49. The first-order chi connectivity index (χ1) is 26.7. The molecule has 8 bridgehead atoms.